The molecule has 172 valence electrons. The highest BCUT2D eigenvalue weighted by atomic mass is 32.2. The van der Waals surface area contributed by atoms with E-state index in [1.54, 1.807) is 6.07 Å². The van der Waals surface area contributed by atoms with Crippen LogP contribution in [0.25, 0.3) is 6.08 Å². The number of imide groups is 1. The number of para-hydroxylation sites is 1. The largest absolute Gasteiger partial charge is 0.493 e. The number of nitrogens with zero attached hydrogens (tertiary/aromatic N) is 1. The lowest BCUT2D eigenvalue weighted by Crippen LogP contribution is -2.36. The molecule has 3 amide bonds. The Morgan fingerprint density at radius 1 is 1.21 bits per heavy atom. The number of nitrogens with one attached hydrogen (secondary N) is 1. The maximum Gasteiger partial charge on any atom is 0.341 e. The van der Waals surface area contributed by atoms with E-state index >= 15 is 0 Å². The molecule has 1 fully saturated rings. The molecule has 3 rings (SSSR count). The number of halogens is 2. The molecule has 0 radical (unpaired) electrons. The molecule has 0 spiro atoms. The smallest absolute Gasteiger partial charge is 0.341 e. The number of carbonyl (C=O) groups is 4. The van der Waals surface area contributed by atoms with Gasteiger partial charge in [0.05, 0.1) is 17.7 Å². The van der Waals surface area contributed by atoms with Gasteiger partial charge in [0.2, 0.25) is 5.91 Å². The van der Waals surface area contributed by atoms with Gasteiger partial charge < -0.3 is 19.9 Å². The number of methoxy groups -OCH3 is 1. The van der Waals surface area contributed by atoms with Crippen molar-refractivity contribution in [2.45, 2.75) is 0 Å². The molecule has 1 saturated heterocycles. The van der Waals surface area contributed by atoms with Gasteiger partial charge in [-0.1, -0.05) is 12.1 Å². The Labute approximate surface area is 190 Å². The van der Waals surface area contributed by atoms with Crippen LogP contribution in [-0.2, 0) is 14.4 Å². The lowest BCUT2D eigenvalue weighted by atomic mass is 10.1. The molecular formula is C21H16F2N2O7S. The summed E-state index contributed by atoms with van der Waals surface area (Å²) < 4.78 is 37.1. The summed E-state index contributed by atoms with van der Waals surface area (Å²) in [5, 5.41) is 10.3. The number of hydrogen-bond acceptors (Lipinski definition) is 7. The normalized spacial score (nSPS) is 14.5. The van der Waals surface area contributed by atoms with Crippen molar-refractivity contribution >= 4 is 46.5 Å². The predicted molar refractivity (Wildman–Crippen MR) is 114 cm³/mol. The number of anilines is 1. The first-order chi connectivity index (χ1) is 15.7. The molecule has 12 heteroatoms. The number of benzene rings is 2. The molecule has 0 bridgehead atoms. The summed E-state index contributed by atoms with van der Waals surface area (Å²) in [5.41, 5.74) is -0.0283. The number of hydrogen-bond donors (Lipinski definition) is 2. The van der Waals surface area contributed by atoms with Crippen molar-refractivity contribution in [1.29, 1.82) is 0 Å². The van der Waals surface area contributed by atoms with Gasteiger partial charge in [-0.15, -0.1) is 0 Å². The van der Waals surface area contributed by atoms with Crippen LogP contribution in [0.5, 0.6) is 11.5 Å². The number of carboxylic acids is 1. The molecule has 1 heterocycles. The Kier molecular flexibility index (Phi) is 7.28. The second-order valence-electron chi connectivity index (χ2n) is 6.50. The van der Waals surface area contributed by atoms with Crippen LogP contribution in [0.1, 0.15) is 5.56 Å². The van der Waals surface area contributed by atoms with Crippen molar-refractivity contribution < 1.29 is 42.5 Å². The second-order valence-corrected chi connectivity index (χ2v) is 7.49. The molecule has 2 aromatic carbocycles. The second kappa shape index (κ2) is 10.1. The fourth-order valence-corrected chi connectivity index (χ4v) is 3.63. The molecule has 2 N–H and O–H groups in total. The van der Waals surface area contributed by atoms with Gasteiger partial charge in [-0.25, -0.2) is 13.6 Å². The van der Waals surface area contributed by atoms with Crippen LogP contribution in [0.15, 0.2) is 41.3 Å². The van der Waals surface area contributed by atoms with E-state index in [2.05, 4.69) is 5.32 Å². The number of amides is 3. The minimum Gasteiger partial charge on any atom is -0.493 e. The van der Waals surface area contributed by atoms with Crippen LogP contribution < -0.4 is 14.8 Å². The van der Waals surface area contributed by atoms with Crippen LogP contribution in [0.4, 0.5) is 19.3 Å². The van der Waals surface area contributed by atoms with Crippen LogP contribution in [0, 0.1) is 11.6 Å². The lowest BCUT2D eigenvalue weighted by Gasteiger charge is -2.13. The highest BCUT2D eigenvalue weighted by molar-refractivity contribution is 8.18. The summed E-state index contributed by atoms with van der Waals surface area (Å²) in [6, 6.07) is 7.16. The van der Waals surface area contributed by atoms with Gasteiger partial charge in [-0.3, -0.25) is 19.3 Å². The Hall–Kier alpha value is -3.93. The van der Waals surface area contributed by atoms with Crippen LogP contribution in [0.3, 0.4) is 0 Å². The van der Waals surface area contributed by atoms with Gasteiger partial charge in [0, 0.05) is 11.6 Å². The average molecular weight is 478 g/mol. The molecule has 9 nitrogen and oxygen atoms in total. The van der Waals surface area contributed by atoms with Crippen LogP contribution in [-0.4, -0.2) is 53.3 Å². The summed E-state index contributed by atoms with van der Waals surface area (Å²) >= 11 is 0.559. The number of rotatable bonds is 8. The Morgan fingerprint density at radius 2 is 1.97 bits per heavy atom. The fraction of sp³-hybridized carbons (Fsp3) is 0.143. The molecule has 0 unspecified atom stereocenters. The van der Waals surface area contributed by atoms with E-state index in [1.807, 2.05) is 0 Å². The van der Waals surface area contributed by atoms with Crippen LogP contribution in [0.2, 0.25) is 0 Å². The number of carboxylic acid groups (broad SMARTS) is 1. The first kappa shape index (κ1) is 23.7. The third-order valence-electron chi connectivity index (χ3n) is 4.24. The monoisotopic (exact) mass is 478 g/mol. The third-order valence-corrected chi connectivity index (χ3v) is 5.14. The molecule has 0 saturated carbocycles. The average Bonchev–Trinajstić information content (AvgIpc) is 3.01. The third kappa shape index (κ3) is 5.66. The molecule has 0 aliphatic carbocycles. The number of aliphatic carboxylic acids is 1. The summed E-state index contributed by atoms with van der Waals surface area (Å²) in [5.74, 6) is -4.45. The Bertz CT molecular complexity index is 1170. The van der Waals surface area contributed by atoms with Crippen molar-refractivity contribution in [3.8, 4) is 11.5 Å². The van der Waals surface area contributed by atoms with Gasteiger partial charge in [0.15, 0.2) is 18.1 Å². The SMILES string of the molecule is COc1cccc(/C=C2/SC(=O)N(CC(=O)Nc3ccc(F)cc3F)C2=O)c1OCC(=O)O. The summed E-state index contributed by atoms with van der Waals surface area (Å²) in [7, 11) is 1.35. The van der Waals surface area contributed by atoms with Gasteiger partial charge in [0.1, 0.15) is 18.2 Å². The fourth-order valence-electron chi connectivity index (χ4n) is 2.80. The predicted octanol–water partition coefficient (Wildman–Crippen LogP) is 3.11. The van der Waals surface area contributed by atoms with Crippen molar-refractivity contribution in [3.05, 3.63) is 58.5 Å². The summed E-state index contributed by atoms with van der Waals surface area (Å²) in [4.78, 5) is 48.7. The molecule has 0 aromatic heterocycles. The van der Waals surface area contributed by atoms with E-state index in [4.69, 9.17) is 14.6 Å². The minimum atomic E-state index is -1.23. The van der Waals surface area contributed by atoms with E-state index in [1.165, 1.54) is 25.3 Å². The van der Waals surface area contributed by atoms with Crippen molar-refractivity contribution in [3.63, 3.8) is 0 Å². The van der Waals surface area contributed by atoms with E-state index in [0.29, 0.717) is 22.7 Å². The molecule has 0 atom stereocenters. The zero-order valence-corrected chi connectivity index (χ0v) is 17.8. The molecule has 1 aliphatic rings. The Balaban J connectivity index is 1.78. The molecule has 33 heavy (non-hydrogen) atoms. The maximum atomic E-state index is 13.7. The summed E-state index contributed by atoms with van der Waals surface area (Å²) in [6.07, 6.45) is 1.31. The summed E-state index contributed by atoms with van der Waals surface area (Å²) in [6.45, 7) is -1.36. The zero-order chi connectivity index (χ0) is 24.1. The van der Waals surface area contributed by atoms with Crippen molar-refractivity contribution in [2.24, 2.45) is 0 Å². The standard InChI is InChI=1S/C21H16F2N2O7S/c1-31-15-4-2-3-11(19(15)32-10-18(27)28)7-16-20(29)25(21(30)33-16)9-17(26)24-14-6-5-12(22)8-13(14)23/h2-8H,9-10H2,1H3,(H,24,26)(H,27,28)/b16-7+. The first-order valence-electron chi connectivity index (χ1n) is 9.21. The number of carbonyl (C=O) groups excluding carboxylic acids is 3. The topological polar surface area (TPSA) is 122 Å². The lowest BCUT2D eigenvalue weighted by molar-refractivity contribution is -0.139. The molecule has 2 aromatic rings. The van der Waals surface area contributed by atoms with Gasteiger partial charge >= 0.3 is 5.97 Å². The van der Waals surface area contributed by atoms with Gasteiger partial charge in [0.25, 0.3) is 11.1 Å². The molecular weight excluding hydrogens is 462 g/mol. The number of thioether (sulfide) groups is 1. The van der Waals surface area contributed by atoms with E-state index < -0.39 is 47.8 Å². The Morgan fingerprint density at radius 3 is 2.64 bits per heavy atom. The van der Waals surface area contributed by atoms with Crippen molar-refractivity contribution in [1.82, 2.24) is 4.90 Å². The van der Waals surface area contributed by atoms with E-state index in [-0.39, 0.29) is 27.7 Å². The highest BCUT2D eigenvalue weighted by Gasteiger charge is 2.36. The number of ether oxygens (including phenoxy) is 2. The van der Waals surface area contributed by atoms with Crippen molar-refractivity contribution in [2.75, 3.05) is 25.6 Å². The molecule has 1 aliphatic heterocycles. The van der Waals surface area contributed by atoms with Crippen LogP contribution >= 0.6 is 11.8 Å². The maximum absolute atomic E-state index is 13.7. The van der Waals surface area contributed by atoms with E-state index in [0.717, 1.165) is 12.1 Å². The minimum absolute atomic E-state index is 0.0470. The van der Waals surface area contributed by atoms with Gasteiger partial charge in [-0.05, 0) is 36.0 Å². The highest BCUT2D eigenvalue weighted by Crippen LogP contribution is 2.37. The van der Waals surface area contributed by atoms with Gasteiger partial charge in [-0.2, -0.15) is 0 Å². The van der Waals surface area contributed by atoms with E-state index in [9.17, 15) is 28.0 Å². The first-order valence-corrected chi connectivity index (χ1v) is 10.0. The zero-order valence-electron chi connectivity index (χ0n) is 17.0. The quantitative estimate of drug-likeness (QED) is 0.555.